The van der Waals surface area contributed by atoms with Gasteiger partial charge in [-0.25, -0.2) is 0 Å². The molecular weight excluding hydrogens is 284 g/mol. The van der Waals surface area contributed by atoms with Crippen LogP contribution in [0.25, 0.3) is 0 Å². The van der Waals surface area contributed by atoms with E-state index in [0.29, 0.717) is 6.54 Å². The van der Waals surface area contributed by atoms with Crippen LogP contribution in [0, 0.1) is 5.92 Å². The molecule has 2 aromatic carbocycles. The van der Waals surface area contributed by atoms with Crippen LogP contribution in [0.15, 0.2) is 60.7 Å². The number of hydrogen-bond donors (Lipinski definition) is 1. The summed E-state index contributed by atoms with van der Waals surface area (Å²) in [6.07, 6.45) is 0. The van der Waals surface area contributed by atoms with E-state index in [1.54, 1.807) is 0 Å². The third kappa shape index (κ3) is 4.42. The summed E-state index contributed by atoms with van der Waals surface area (Å²) < 4.78 is 0. The van der Waals surface area contributed by atoms with E-state index in [2.05, 4.69) is 0 Å². The Morgan fingerprint density at radius 2 is 1.48 bits per heavy atom. The number of carbonyl (C=O) groups excluding carboxylic acids is 1. The van der Waals surface area contributed by atoms with Gasteiger partial charge in [0, 0.05) is 18.6 Å². The van der Waals surface area contributed by atoms with Gasteiger partial charge in [-0.2, -0.15) is 0 Å². The summed E-state index contributed by atoms with van der Waals surface area (Å²) in [7, 11) is 0. The number of rotatable bonds is 6. The molecule has 0 heterocycles. The molecule has 0 spiro atoms. The number of benzene rings is 2. The second-order valence-corrected chi connectivity index (χ2v) is 6.27. The van der Waals surface area contributed by atoms with Gasteiger partial charge >= 0.3 is 0 Å². The molecule has 2 rings (SSSR count). The van der Waals surface area contributed by atoms with E-state index >= 15 is 0 Å². The Labute approximate surface area is 139 Å². The molecule has 0 radical (unpaired) electrons. The molecule has 1 amide bonds. The molecule has 23 heavy (non-hydrogen) atoms. The highest BCUT2D eigenvalue weighted by Crippen LogP contribution is 2.23. The molecule has 0 fully saturated rings. The van der Waals surface area contributed by atoms with Gasteiger partial charge in [-0.1, -0.05) is 67.6 Å². The number of hydrogen-bond acceptors (Lipinski definition) is 2. The van der Waals surface area contributed by atoms with Gasteiger partial charge in [0.05, 0.1) is 5.92 Å². The van der Waals surface area contributed by atoms with Crippen molar-refractivity contribution in [2.75, 3.05) is 0 Å². The van der Waals surface area contributed by atoms with Crippen molar-refractivity contribution in [3.63, 3.8) is 0 Å². The molecule has 0 aliphatic heterocycles. The summed E-state index contributed by atoms with van der Waals surface area (Å²) in [5, 5.41) is 0. The average molecular weight is 310 g/mol. The lowest BCUT2D eigenvalue weighted by molar-refractivity contribution is -0.138. The normalized spacial score (nSPS) is 13.6. The minimum atomic E-state index is -0.291. The maximum atomic E-state index is 12.9. The topological polar surface area (TPSA) is 46.3 Å². The van der Waals surface area contributed by atoms with E-state index < -0.39 is 0 Å². The largest absolute Gasteiger partial charge is 0.336 e. The molecule has 0 saturated heterocycles. The van der Waals surface area contributed by atoms with Crippen LogP contribution in [0.5, 0.6) is 0 Å². The fourth-order valence-corrected chi connectivity index (χ4v) is 2.67. The quantitative estimate of drug-likeness (QED) is 0.883. The maximum absolute atomic E-state index is 12.9. The molecule has 0 bridgehead atoms. The van der Waals surface area contributed by atoms with Crippen molar-refractivity contribution in [2.45, 2.75) is 39.4 Å². The van der Waals surface area contributed by atoms with Gasteiger partial charge in [0.2, 0.25) is 5.91 Å². The second-order valence-electron chi connectivity index (χ2n) is 6.27. The SMILES string of the molecule is CC(C(=O)N(Cc1ccccc1)C(C)C)C(N)c1ccccc1. The molecule has 2 unspecified atom stereocenters. The van der Waals surface area contributed by atoms with Crippen molar-refractivity contribution in [3.8, 4) is 0 Å². The van der Waals surface area contributed by atoms with Crippen LogP contribution in [0.3, 0.4) is 0 Å². The van der Waals surface area contributed by atoms with Gasteiger partial charge in [0.1, 0.15) is 0 Å². The molecule has 2 N–H and O–H groups in total. The Bertz CT molecular complexity index is 610. The minimum absolute atomic E-state index is 0.0974. The first kappa shape index (κ1) is 17.2. The summed E-state index contributed by atoms with van der Waals surface area (Å²) in [5.41, 5.74) is 8.45. The van der Waals surface area contributed by atoms with Gasteiger partial charge in [0.15, 0.2) is 0 Å². The van der Waals surface area contributed by atoms with Crippen LogP contribution < -0.4 is 5.73 Å². The Morgan fingerprint density at radius 1 is 0.957 bits per heavy atom. The van der Waals surface area contributed by atoms with E-state index in [1.165, 1.54) is 0 Å². The molecule has 2 aromatic rings. The van der Waals surface area contributed by atoms with E-state index in [1.807, 2.05) is 86.3 Å². The van der Waals surface area contributed by atoms with Crippen LogP contribution in [0.2, 0.25) is 0 Å². The highest BCUT2D eigenvalue weighted by molar-refractivity contribution is 5.79. The average Bonchev–Trinajstić information content (AvgIpc) is 2.59. The van der Waals surface area contributed by atoms with Crippen LogP contribution >= 0.6 is 0 Å². The Hall–Kier alpha value is -2.13. The van der Waals surface area contributed by atoms with Crippen LogP contribution in [0.4, 0.5) is 0 Å². The first-order valence-corrected chi connectivity index (χ1v) is 8.15. The summed E-state index contributed by atoms with van der Waals surface area (Å²) in [4.78, 5) is 14.9. The molecule has 2 atom stereocenters. The van der Waals surface area contributed by atoms with Gasteiger partial charge in [-0.3, -0.25) is 4.79 Å². The molecule has 0 aromatic heterocycles. The molecule has 3 heteroatoms. The fraction of sp³-hybridized carbons (Fsp3) is 0.350. The van der Waals surface area contributed by atoms with E-state index in [-0.39, 0.29) is 23.9 Å². The lowest BCUT2D eigenvalue weighted by Gasteiger charge is -2.31. The van der Waals surface area contributed by atoms with Gasteiger partial charge in [-0.15, -0.1) is 0 Å². The van der Waals surface area contributed by atoms with Gasteiger partial charge in [-0.05, 0) is 25.0 Å². The Morgan fingerprint density at radius 3 is 2.00 bits per heavy atom. The lowest BCUT2D eigenvalue weighted by Crippen LogP contribution is -2.42. The first-order valence-electron chi connectivity index (χ1n) is 8.15. The van der Waals surface area contributed by atoms with Gasteiger partial charge < -0.3 is 10.6 Å². The molecule has 122 valence electrons. The Balaban J connectivity index is 2.14. The smallest absolute Gasteiger partial charge is 0.227 e. The highest BCUT2D eigenvalue weighted by Gasteiger charge is 2.28. The van der Waals surface area contributed by atoms with E-state index in [9.17, 15) is 4.79 Å². The van der Waals surface area contributed by atoms with Crippen LogP contribution in [-0.2, 0) is 11.3 Å². The van der Waals surface area contributed by atoms with Gasteiger partial charge in [0.25, 0.3) is 0 Å². The second kappa shape index (κ2) is 7.93. The minimum Gasteiger partial charge on any atom is -0.336 e. The van der Waals surface area contributed by atoms with Crippen LogP contribution in [-0.4, -0.2) is 16.8 Å². The molecule has 0 aliphatic carbocycles. The molecule has 3 nitrogen and oxygen atoms in total. The predicted octanol–water partition coefficient (Wildman–Crippen LogP) is 3.76. The maximum Gasteiger partial charge on any atom is 0.227 e. The zero-order valence-electron chi connectivity index (χ0n) is 14.1. The van der Waals surface area contributed by atoms with Crippen molar-refractivity contribution < 1.29 is 4.79 Å². The molecule has 0 aliphatic rings. The number of carbonyl (C=O) groups is 1. The monoisotopic (exact) mass is 310 g/mol. The van der Waals surface area contributed by atoms with E-state index in [0.717, 1.165) is 11.1 Å². The number of amides is 1. The van der Waals surface area contributed by atoms with Crippen LogP contribution in [0.1, 0.15) is 37.9 Å². The molecular formula is C20H26N2O. The number of nitrogens with two attached hydrogens (primary N) is 1. The number of nitrogens with zero attached hydrogens (tertiary/aromatic N) is 1. The zero-order chi connectivity index (χ0) is 16.8. The van der Waals surface area contributed by atoms with Crippen molar-refractivity contribution in [2.24, 2.45) is 11.7 Å². The third-order valence-electron chi connectivity index (χ3n) is 4.21. The predicted molar refractivity (Wildman–Crippen MR) is 94.7 cm³/mol. The summed E-state index contributed by atoms with van der Waals surface area (Å²) in [5.74, 6) is -0.163. The summed E-state index contributed by atoms with van der Waals surface area (Å²) >= 11 is 0. The molecule has 0 saturated carbocycles. The van der Waals surface area contributed by atoms with E-state index in [4.69, 9.17) is 5.73 Å². The fourth-order valence-electron chi connectivity index (χ4n) is 2.67. The highest BCUT2D eigenvalue weighted by atomic mass is 16.2. The zero-order valence-corrected chi connectivity index (χ0v) is 14.1. The van der Waals surface area contributed by atoms with Crippen molar-refractivity contribution in [1.82, 2.24) is 4.90 Å². The standard InChI is InChI=1S/C20H26N2O/c1-15(2)22(14-17-10-6-4-7-11-17)20(23)16(3)19(21)18-12-8-5-9-13-18/h4-13,15-16,19H,14,21H2,1-3H3. The first-order chi connectivity index (χ1) is 11.0. The lowest BCUT2D eigenvalue weighted by atomic mass is 9.93. The Kier molecular flexibility index (Phi) is 5.94. The summed E-state index contributed by atoms with van der Waals surface area (Å²) in [6.45, 7) is 6.62. The third-order valence-corrected chi connectivity index (χ3v) is 4.21. The van der Waals surface area contributed by atoms with Crippen molar-refractivity contribution >= 4 is 5.91 Å². The van der Waals surface area contributed by atoms with Crippen molar-refractivity contribution in [3.05, 3.63) is 71.8 Å². The van der Waals surface area contributed by atoms with Crippen molar-refractivity contribution in [1.29, 1.82) is 0 Å². The summed E-state index contributed by atoms with van der Waals surface area (Å²) in [6, 6.07) is 19.7.